The molecular weight excluding hydrogens is 250 g/mol. The largest absolute Gasteiger partial charge is 0.476 e. The van der Waals surface area contributed by atoms with Gasteiger partial charge >= 0.3 is 5.97 Å². The van der Waals surface area contributed by atoms with Crippen LogP contribution in [0.15, 0.2) is 6.20 Å². The molecule has 2 heterocycles. The molecule has 0 aromatic carbocycles. The highest BCUT2D eigenvalue weighted by molar-refractivity contribution is 5.84. The number of carboxylic acids is 1. The number of hydrogen-bond donors (Lipinski definition) is 3. The Hall–Kier alpha value is -1.96. The molecule has 1 amide bonds. The fourth-order valence-electron chi connectivity index (χ4n) is 2.09. The Labute approximate surface area is 110 Å². The monoisotopic (exact) mass is 267 g/mol. The maximum absolute atomic E-state index is 11.9. The molecule has 1 aliphatic heterocycles. The van der Waals surface area contributed by atoms with E-state index in [1.807, 2.05) is 6.92 Å². The predicted molar refractivity (Wildman–Crippen MR) is 65.5 cm³/mol. The summed E-state index contributed by atoms with van der Waals surface area (Å²) in [5.41, 5.74) is -0.0973. The molecule has 1 aromatic heterocycles. The summed E-state index contributed by atoms with van der Waals surface area (Å²) in [5.74, 6) is -0.743. The molecule has 2 atom stereocenters. The van der Waals surface area contributed by atoms with Crippen molar-refractivity contribution >= 4 is 11.9 Å². The molecule has 1 aromatic rings. The summed E-state index contributed by atoms with van der Waals surface area (Å²) < 4.78 is 1.40. The van der Waals surface area contributed by atoms with Crippen molar-refractivity contribution in [2.24, 2.45) is 11.8 Å². The molecule has 1 aliphatic rings. The molecule has 1 saturated heterocycles. The zero-order chi connectivity index (χ0) is 13.8. The van der Waals surface area contributed by atoms with Crippen LogP contribution in [-0.2, 0) is 11.3 Å². The van der Waals surface area contributed by atoms with E-state index in [9.17, 15) is 9.59 Å². The van der Waals surface area contributed by atoms with Crippen LogP contribution in [0, 0.1) is 11.8 Å². The standard InChI is InChI=1S/C11H17N5O3/c1-7-4-12-5-8(7)10(17)13-2-3-16-6-9(11(18)19)14-15-16/h6-8,12H,2-5H2,1H3,(H,13,17)(H,18,19). The number of hydrogen-bond acceptors (Lipinski definition) is 5. The van der Waals surface area contributed by atoms with Gasteiger partial charge in [-0.15, -0.1) is 5.10 Å². The van der Waals surface area contributed by atoms with Gasteiger partial charge in [-0.2, -0.15) is 0 Å². The number of rotatable bonds is 5. The third kappa shape index (κ3) is 3.28. The average Bonchev–Trinajstić information content (AvgIpc) is 2.97. The number of carbonyl (C=O) groups excluding carboxylic acids is 1. The number of nitrogens with zero attached hydrogens (tertiary/aromatic N) is 3. The number of aromatic carboxylic acids is 1. The van der Waals surface area contributed by atoms with Crippen molar-refractivity contribution in [2.45, 2.75) is 13.5 Å². The van der Waals surface area contributed by atoms with Gasteiger partial charge in [-0.05, 0) is 12.5 Å². The molecule has 0 saturated carbocycles. The van der Waals surface area contributed by atoms with Crippen LogP contribution in [0.3, 0.4) is 0 Å². The third-order valence-corrected chi connectivity index (χ3v) is 3.25. The van der Waals surface area contributed by atoms with Crippen LogP contribution in [0.25, 0.3) is 0 Å². The topological polar surface area (TPSA) is 109 Å². The quantitative estimate of drug-likeness (QED) is 0.628. The highest BCUT2D eigenvalue weighted by atomic mass is 16.4. The van der Waals surface area contributed by atoms with Crippen LogP contribution in [0.2, 0.25) is 0 Å². The lowest BCUT2D eigenvalue weighted by molar-refractivity contribution is -0.125. The van der Waals surface area contributed by atoms with E-state index < -0.39 is 5.97 Å². The third-order valence-electron chi connectivity index (χ3n) is 3.25. The van der Waals surface area contributed by atoms with Gasteiger partial charge in [0.15, 0.2) is 5.69 Å². The first-order valence-corrected chi connectivity index (χ1v) is 6.20. The summed E-state index contributed by atoms with van der Waals surface area (Å²) in [6.45, 7) is 4.43. The van der Waals surface area contributed by atoms with Crippen molar-refractivity contribution in [3.05, 3.63) is 11.9 Å². The zero-order valence-corrected chi connectivity index (χ0v) is 10.7. The highest BCUT2D eigenvalue weighted by Gasteiger charge is 2.29. The van der Waals surface area contributed by atoms with Crippen molar-refractivity contribution in [2.75, 3.05) is 19.6 Å². The van der Waals surface area contributed by atoms with Gasteiger partial charge < -0.3 is 15.7 Å². The number of nitrogens with one attached hydrogen (secondary N) is 2. The van der Waals surface area contributed by atoms with Crippen LogP contribution < -0.4 is 10.6 Å². The molecule has 3 N–H and O–H groups in total. The predicted octanol–water partition coefficient (Wildman–Crippen LogP) is -1.05. The molecule has 8 nitrogen and oxygen atoms in total. The van der Waals surface area contributed by atoms with E-state index in [0.29, 0.717) is 25.6 Å². The minimum absolute atomic E-state index is 0.00493. The SMILES string of the molecule is CC1CNCC1C(=O)NCCn1cc(C(=O)O)nn1. The molecule has 19 heavy (non-hydrogen) atoms. The summed E-state index contributed by atoms with van der Waals surface area (Å²) in [6, 6.07) is 0. The van der Waals surface area contributed by atoms with E-state index in [1.54, 1.807) is 0 Å². The Morgan fingerprint density at radius 3 is 2.95 bits per heavy atom. The molecule has 0 radical (unpaired) electrons. The number of aromatic nitrogens is 3. The van der Waals surface area contributed by atoms with Crippen LogP contribution in [-0.4, -0.2) is 51.6 Å². The smallest absolute Gasteiger partial charge is 0.358 e. The summed E-state index contributed by atoms with van der Waals surface area (Å²) in [5, 5.41) is 21.9. The second-order valence-corrected chi connectivity index (χ2v) is 4.71. The van der Waals surface area contributed by atoms with Gasteiger partial charge in [0, 0.05) is 13.1 Å². The van der Waals surface area contributed by atoms with Crippen LogP contribution >= 0.6 is 0 Å². The average molecular weight is 267 g/mol. The van der Waals surface area contributed by atoms with Crippen LogP contribution in [0.1, 0.15) is 17.4 Å². The minimum Gasteiger partial charge on any atom is -0.476 e. The fraction of sp³-hybridized carbons (Fsp3) is 0.636. The van der Waals surface area contributed by atoms with E-state index in [4.69, 9.17) is 5.11 Å². The molecule has 8 heteroatoms. The van der Waals surface area contributed by atoms with Crippen molar-refractivity contribution in [3.8, 4) is 0 Å². The molecule has 104 valence electrons. The summed E-state index contributed by atoms with van der Waals surface area (Å²) in [7, 11) is 0. The zero-order valence-electron chi connectivity index (χ0n) is 10.7. The minimum atomic E-state index is -1.11. The summed E-state index contributed by atoms with van der Waals surface area (Å²) >= 11 is 0. The van der Waals surface area contributed by atoms with Gasteiger partial charge in [0.1, 0.15) is 0 Å². The van der Waals surface area contributed by atoms with Crippen molar-refractivity contribution in [1.82, 2.24) is 25.6 Å². The molecule has 2 unspecified atom stereocenters. The molecule has 0 aliphatic carbocycles. The van der Waals surface area contributed by atoms with E-state index >= 15 is 0 Å². The van der Waals surface area contributed by atoms with Gasteiger partial charge in [-0.1, -0.05) is 12.1 Å². The van der Waals surface area contributed by atoms with E-state index in [2.05, 4.69) is 20.9 Å². The van der Waals surface area contributed by atoms with Gasteiger partial charge in [-0.25, -0.2) is 9.48 Å². The Morgan fingerprint density at radius 1 is 1.58 bits per heavy atom. The molecule has 1 fully saturated rings. The van der Waals surface area contributed by atoms with Gasteiger partial charge in [0.05, 0.1) is 18.7 Å². The van der Waals surface area contributed by atoms with Crippen molar-refractivity contribution < 1.29 is 14.7 Å². The van der Waals surface area contributed by atoms with Gasteiger partial charge in [-0.3, -0.25) is 4.79 Å². The van der Waals surface area contributed by atoms with E-state index in [1.165, 1.54) is 10.9 Å². The van der Waals surface area contributed by atoms with E-state index in [0.717, 1.165) is 6.54 Å². The van der Waals surface area contributed by atoms with Crippen molar-refractivity contribution in [1.29, 1.82) is 0 Å². The maximum atomic E-state index is 11.9. The first kappa shape index (κ1) is 13.5. The molecular formula is C11H17N5O3. The van der Waals surface area contributed by atoms with Crippen LogP contribution in [0.4, 0.5) is 0 Å². The summed E-state index contributed by atoms with van der Waals surface area (Å²) in [6.07, 6.45) is 1.34. The number of carboxylic acid groups (broad SMARTS) is 1. The first-order valence-electron chi connectivity index (χ1n) is 6.20. The molecule has 0 spiro atoms. The highest BCUT2D eigenvalue weighted by Crippen LogP contribution is 2.15. The van der Waals surface area contributed by atoms with Crippen molar-refractivity contribution in [3.63, 3.8) is 0 Å². The first-order chi connectivity index (χ1) is 9.08. The summed E-state index contributed by atoms with van der Waals surface area (Å²) in [4.78, 5) is 22.5. The van der Waals surface area contributed by atoms with E-state index in [-0.39, 0.29) is 17.5 Å². The Balaban J connectivity index is 1.76. The Morgan fingerprint density at radius 2 is 2.37 bits per heavy atom. The second kappa shape index (κ2) is 5.79. The number of carbonyl (C=O) groups is 2. The number of amides is 1. The lowest BCUT2D eigenvalue weighted by Gasteiger charge is -2.13. The van der Waals surface area contributed by atoms with Gasteiger partial charge in [0.25, 0.3) is 0 Å². The van der Waals surface area contributed by atoms with Crippen LogP contribution in [0.5, 0.6) is 0 Å². The second-order valence-electron chi connectivity index (χ2n) is 4.71. The molecule has 0 bridgehead atoms. The maximum Gasteiger partial charge on any atom is 0.358 e. The fourth-order valence-corrected chi connectivity index (χ4v) is 2.09. The normalized spacial score (nSPS) is 22.4. The Bertz CT molecular complexity index is 473. The van der Waals surface area contributed by atoms with Gasteiger partial charge in [0.2, 0.25) is 5.91 Å². The lowest BCUT2D eigenvalue weighted by Crippen LogP contribution is -2.36. The lowest BCUT2D eigenvalue weighted by atomic mass is 9.97. The Kier molecular flexibility index (Phi) is 4.10. The molecule has 2 rings (SSSR count).